The maximum atomic E-state index is 12.1. The number of hydrogen-bond acceptors (Lipinski definition) is 6. The number of fused-ring (bicyclic) bond motifs is 3. The lowest BCUT2D eigenvalue weighted by Crippen LogP contribution is -2.33. The van der Waals surface area contributed by atoms with Gasteiger partial charge in [0.15, 0.2) is 17.1 Å². The van der Waals surface area contributed by atoms with Gasteiger partial charge < -0.3 is 9.72 Å². The summed E-state index contributed by atoms with van der Waals surface area (Å²) in [7, 11) is 0. The van der Waals surface area contributed by atoms with Gasteiger partial charge in [-0.3, -0.25) is 9.20 Å². The number of aromatic nitrogens is 6. The minimum absolute atomic E-state index is 0.321. The molecule has 0 amide bonds. The van der Waals surface area contributed by atoms with Gasteiger partial charge in [-0.05, 0) is 20.8 Å². The van der Waals surface area contributed by atoms with Crippen LogP contribution in [0.4, 0.5) is 0 Å². The standard InChI is InChI=1S/C12H14N6O2/c1-4-20-11(19)12(2,3)10-17-16-9-7-8(14-5-13-7)15-6-18(9)10/h5-6H,4H2,1-3H3,(H,13,14). The third-order valence-electron chi connectivity index (χ3n) is 3.18. The topological polar surface area (TPSA) is 98.1 Å². The molecule has 0 radical (unpaired) electrons. The summed E-state index contributed by atoms with van der Waals surface area (Å²) in [4.78, 5) is 23.3. The van der Waals surface area contributed by atoms with Crippen LogP contribution in [-0.4, -0.2) is 42.1 Å². The van der Waals surface area contributed by atoms with Crippen molar-refractivity contribution in [2.45, 2.75) is 26.2 Å². The number of carbonyl (C=O) groups is 1. The molecule has 0 spiro atoms. The molecule has 0 aromatic carbocycles. The lowest BCUT2D eigenvalue weighted by molar-refractivity contribution is -0.149. The van der Waals surface area contributed by atoms with Crippen molar-refractivity contribution in [2.24, 2.45) is 0 Å². The summed E-state index contributed by atoms with van der Waals surface area (Å²) < 4.78 is 6.77. The van der Waals surface area contributed by atoms with Gasteiger partial charge in [0.1, 0.15) is 17.3 Å². The molecule has 0 aliphatic heterocycles. The summed E-state index contributed by atoms with van der Waals surface area (Å²) in [5, 5.41) is 8.25. The summed E-state index contributed by atoms with van der Waals surface area (Å²) >= 11 is 0. The molecule has 20 heavy (non-hydrogen) atoms. The molecule has 0 atom stereocenters. The molecule has 3 rings (SSSR count). The number of nitrogens with one attached hydrogen (secondary N) is 1. The van der Waals surface area contributed by atoms with E-state index in [0.717, 1.165) is 0 Å². The number of carbonyl (C=O) groups excluding carboxylic acids is 1. The van der Waals surface area contributed by atoms with E-state index < -0.39 is 5.41 Å². The second-order valence-electron chi connectivity index (χ2n) is 4.91. The highest BCUT2D eigenvalue weighted by Gasteiger charge is 2.36. The van der Waals surface area contributed by atoms with Gasteiger partial charge in [0.25, 0.3) is 0 Å². The van der Waals surface area contributed by atoms with E-state index in [4.69, 9.17) is 4.74 Å². The first-order valence-corrected chi connectivity index (χ1v) is 6.26. The summed E-state index contributed by atoms with van der Waals surface area (Å²) in [6.07, 6.45) is 3.11. The van der Waals surface area contributed by atoms with Crippen molar-refractivity contribution in [2.75, 3.05) is 6.61 Å². The van der Waals surface area contributed by atoms with Crippen molar-refractivity contribution in [3.05, 3.63) is 18.5 Å². The highest BCUT2D eigenvalue weighted by atomic mass is 16.5. The molecule has 0 aliphatic rings. The third-order valence-corrected chi connectivity index (χ3v) is 3.18. The average molecular weight is 274 g/mol. The minimum atomic E-state index is -0.912. The first kappa shape index (κ1) is 12.5. The molecule has 8 nitrogen and oxygen atoms in total. The van der Waals surface area contributed by atoms with Gasteiger partial charge in [0.2, 0.25) is 0 Å². The Bertz CT molecular complexity index is 788. The van der Waals surface area contributed by atoms with Gasteiger partial charge in [-0.1, -0.05) is 0 Å². The van der Waals surface area contributed by atoms with Crippen molar-refractivity contribution >= 4 is 22.8 Å². The van der Waals surface area contributed by atoms with E-state index in [9.17, 15) is 4.79 Å². The van der Waals surface area contributed by atoms with E-state index in [2.05, 4.69) is 25.1 Å². The molecule has 0 bridgehead atoms. The number of aromatic amines is 1. The zero-order valence-corrected chi connectivity index (χ0v) is 11.4. The highest BCUT2D eigenvalue weighted by molar-refractivity contribution is 5.86. The van der Waals surface area contributed by atoms with Gasteiger partial charge in [0, 0.05) is 0 Å². The zero-order valence-electron chi connectivity index (χ0n) is 11.4. The fraction of sp³-hybridized carbons (Fsp3) is 0.417. The van der Waals surface area contributed by atoms with Crippen LogP contribution in [0, 0.1) is 0 Å². The molecule has 1 N–H and O–H groups in total. The average Bonchev–Trinajstić information content (AvgIpc) is 3.04. The van der Waals surface area contributed by atoms with Crippen molar-refractivity contribution in [1.82, 2.24) is 29.5 Å². The SMILES string of the molecule is CCOC(=O)C(C)(C)c1nnc2c3[nH]cnc3ncn12. The molecule has 3 aromatic rings. The van der Waals surface area contributed by atoms with Crippen LogP contribution >= 0.6 is 0 Å². The van der Waals surface area contributed by atoms with E-state index in [0.29, 0.717) is 29.2 Å². The normalized spacial score (nSPS) is 12.2. The van der Waals surface area contributed by atoms with Crippen LogP contribution < -0.4 is 0 Å². The third kappa shape index (κ3) is 1.64. The first-order valence-electron chi connectivity index (χ1n) is 6.26. The van der Waals surface area contributed by atoms with Crippen LogP contribution in [0.2, 0.25) is 0 Å². The summed E-state index contributed by atoms with van der Waals surface area (Å²) in [6.45, 7) is 5.59. The number of esters is 1. The lowest BCUT2D eigenvalue weighted by atomic mass is 9.92. The molecule has 0 fully saturated rings. The van der Waals surface area contributed by atoms with Gasteiger partial charge in [-0.25, -0.2) is 9.97 Å². The number of rotatable bonds is 3. The van der Waals surface area contributed by atoms with Crippen LogP contribution in [0.1, 0.15) is 26.6 Å². The molecule has 0 unspecified atom stereocenters. The Morgan fingerprint density at radius 2 is 2.20 bits per heavy atom. The second-order valence-corrected chi connectivity index (χ2v) is 4.91. The van der Waals surface area contributed by atoms with Crippen LogP contribution in [-0.2, 0) is 14.9 Å². The molecule has 8 heteroatoms. The molecule has 3 aromatic heterocycles. The predicted molar refractivity (Wildman–Crippen MR) is 70.1 cm³/mol. The van der Waals surface area contributed by atoms with E-state index in [-0.39, 0.29) is 5.97 Å². The van der Waals surface area contributed by atoms with Crippen molar-refractivity contribution in [3.63, 3.8) is 0 Å². The van der Waals surface area contributed by atoms with E-state index in [1.165, 1.54) is 0 Å². The lowest BCUT2D eigenvalue weighted by Gasteiger charge is -2.19. The predicted octanol–water partition coefficient (Wildman–Crippen LogP) is 0.841. The maximum Gasteiger partial charge on any atom is 0.319 e. The Hall–Kier alpha value is -2.51. The number of nitrogens with zero attached hydrogens (tertiary/aromatic N) is 5. The molecular weight excluding hydrogens is 260 g/mol. The van der Waals surface area contributed by atoms with E-state index in [1.54, 1.807) is 37.8 Å². The molecular formula is C12H14N6O2. The number of hydrogen-bond donors (Lipinski definition) is 1. The fourth-order valence-corrected chi connectivity index (χ4v) is 2.06. The quantitative estimate of drug-likeness (QED) is 0.711. The Morgan fingerprint density at radius 1 is 1.40 bits per heavy atom. The van der Waals surface area contributed by atoms with Gasteiger partial charge >= 0.3 is 5.97 Å². The van der Waals surface area contributed by atoms with Crippen LogP contribution in [0.5, 0.6) is 0 Å². The first-order chi connectivity index (χ1) is 9.55. The summed E-state index contributed by atoms with van der Waals surface area (Å²) in [5.74, 6) is 0.133. The Morgan fingerprint density at radius 3 is 2.95 bits per heavy atom. The molecule has 0 aliphatic carbocycles. The smallest absolute Gasteiger partial charge is 0.319 e. The monoisotopic (exact) mass is 274 g/mol. The minimum Gasteiger partial charge on any atom is -0.465 e. The van der Waals surface area contributed by atoms with E-state index >= 15 is 0 Å². The number of ether oxygens (including phenoxy) is 1. The van der Waals surface area contributed by atoms with Crippen molar-refractivity contribution < 1.29 is 9.53 Å². The van der Waals surface area contributed by atoms with E-state index in [1.807, 2.05) is 0 Å². The molecule has 0 saturated heterocycles. The molecule has 3 heterocycles. The Kier molecular flexibility index (Phi) is 2.66. The Labute approximate surface area is 114 Å². The number of H-pyrrole nitrogens is 1. The van der Waals surface area contributed by atoms with Gasteiger partial charge in [0.05, 0.1) is 12.9 Å². The van der Waals surface area contributed by atoms with Gasteiger partial charge in [-0.15, -0.1) is 10.2 Å². The second kappa shape index (κ2) is 4.26. The largest absolute Gasteiger partial charge is 0.465 e. The number of imidazole rings is 1. The zero-order chi connectivity index (χ0) is 14.3. The maximum absolute atomic E-state index is 12.1. The van der Waals surface area contributed by atoms with Crippen LogP contribution in [0.15, 0.2) is 12.7 Å². The summed E-state index contributed by atoms with van der Waals surface area (Å²) in [6, 6.07) is 0. The fourth-order valence-electron chi connectivity index (χ4n) is 2.06. The van der Waals surface area contributed by atoms with Crippen LogP contribution in [0.3, 0.4) is 0 Å². The highest BCUT2D eigenvalue weighted by Crippen LogP contribution is 2.25. The van der Waals surface area contributed by atoms with Crippen molar-refractivity contribution in [1.29, 1.82) is 0 Å². The molecule has 0 saturated carbocycles. The summed E-state index contributed by atoms with van der Waals surface area (Å²) in [5.41, 5.74) is 0.918. The Balaban J connectivity index is 2.19. The van der Waals surface area contributed by atoms with Crippen molar-refractivity contribution in [3.8, 4) is 0 Å². The molecule has 104 valence electrons. The van der Waals surface area contributed by atoms with Crippen LogP contribution in [0.25, 0.3) is 16.8 Å². The van der Waals surface area contributed by atoms with Gasteiger partial charge in [-0.2, -0.15) is 0 Å².